The first-order valence-corrected chi connectivity index (χ1v) is 3.99. The molecule has 0 aliphatic rings. The SMILES string of the molecule is CCCCn1cc(C(=O)O)cn1. The molecule has 0 fully saturated rings. The standard InChI is InChI=1S/C8H12N2O2/c1-2-3-4-10-6-7(5-9-10)8(11)12/h5-6H,2-4H2,1H3,(H,11,12). The van der Waals surface area contributed by atoms with Crippen LogP contribution in [0.1, 0.15) is 30.1 Å². The highest BCUT2D eigenvalue weighted by atomic mass is 16.4. The van der Waals surface area contributed by atoms with E-state index in [2.05, 4.69) is 12.0 Å². The molecule has 1 rings (SSSR count). The van der Waals surface area contributed by atoms with Gasteiger partial charge in [-0.1, -0.05) is 13.3 Å². The Bertz CT molecular complexity index is 268. The van der Waals surface area contributed by atoms with E-state index >= 15 is 0 Å². The van der Waals surface area contributed by atoms with Crippen LogP contribution in [0, 0.1) is 0 Å². The van der Waals surface area contributed by atoms with Crippen LogP contribution in [0.4, 0.5) is 0 Å². The molecule has 0 amide bonds. The number of rotatable bonds is 4. The van der Waals surface area contributed by atoms with E-state index in [0.29, 0.717) is 0 Å². The van der Waals surface area contributed by atoms with Gasteiger partial charge in [-0.05, 0) is 6.42 Å². The lowest BCUT2D eigenvalue weighted by molar-refractivity contribution is 0.0697. The van der Waals surface area contributed by atoms with Crippen LogP contribution < -0.4 is 0 Å². The summed E-state index contributed by atoms with van der Waals surface area (Å²) in [7, 11) is 0. The molecule has 1 aromatic rings. The third kappa shape index (κ3) is 2.08. The van der Waals surface area contributed by atoms with Crippen LogP contribution in [0.2, 0.25) is 0 Å². The van der Waals surface area contributed by atoms with Crippen LogP contribution in [0.5, 0.6) is 0 Å². The van der Waals surface area contributed by atoms with Gasteiger partial charge in [-0.3, -0.25) is 4.68 Å². The number of carboxylic acids is 1. The van der Waals surface area contributed by atoms with Crippen molar-refractivity contribution in [1.29, 1.82) is 0 Å². The molecule has 0 spiro atoms. The Morgan fingerprint density at radius 2 is 2.50 bits per heavy atom. The van der Waals surface area contributed by atoms with E-state index in [-0.39, 0.29) is 5.56 Å². The number of hydrogen-bond donors (Lipinski definition) is 1. The minimum Gasteiger partial charge on any atom is -0.478 e. The van der Waals surface area contributed by atoms with Gasteiger partial charge in [0.2, 0.25) is 0 Å². The molecular weight excluding hydrogens is 156 g/mol. The smallest absolute Gasteiger partial charge is 0.338 e. The lowest BCUT2D eigenvalue weighted by atomic mass is 10.3. The summed E-state index contributed by atoms with van der Waals surface area (Å²) in [5.74, 6) is -0.919. The Morgan fingerprint density at radius 3 is 3.00 bits per heavy atom. The number of aromatic nitrogens is 2. The Morgan fingerprint density at radius 1 is 1.75 bits per heavy atom. The zero-order valence-electron chi connectivity index (χ0n) is 7.03. The first kappa shape index (κ1) is 8.77. The molecule has 0 atom stereocenters. The van der Waals surface area contributed by atoms with E-state index in [9.17, 15) is 4.79 Å². The second kappa shape index (κ2) is 3.90. The lowest BCUT2D eigenvalue weighted by Gasteiger charge is -1.96. The van der Waals surface area contributed by atoms with Crippen molar-refractivity contribution in [1.82, 2.24) is 9.78 Å². The monoisotopic (exact) mass is 168 g/mol. The van der Waals surface area contributed by atoms with Crippen molar-refractivity contribution in [3.63, 3.8) is 0 Å². The number of aromatic carboxylic acids is 1. The van der Waals surface area contributed by atoms with Gasteiger partial charge in [0.05, 0.1) is 11.8 Å². The molecule has 4 heteroatoms. The average Bonchev–Trinajstić information content (AvgIpc) is 2.48. The van der Waals surface area contributed by atoms with Crippen LogP contribution in [-0.4, -0.2) is 20.9 Å². The van der Waals surface area contributed by atoms with Gasteiger partial charge < -0.3 is 5.11 Å². The summed E-state index contributed by atoms with van der Waals surface area (Å²) in [5.41, 5.74) is 0.256. The topological polar surface area (TPSA) is 55.1 Å². The van der Waals surface area contributed by atoms with Crippen molar-refractivity contribution in [2.24, 2.45) is 0 Å². The van der Waals surface area contributed by atoms with Gasteiger partial charge in [-0.15, -0.1) is 0 Å². The quantitative estimate of drug-likeness (QED) is 0.738. The van der Waals surface area contributed by atoms with Gasteiger partial charge in [0.1, 0.15) is 0 Å². The highest BCUT2D eigenvalue weighted by molar-refractivity contribution is 5.86. The largest absolute Gasteiger partial charge is 0.478 e. The van der Waals surface area contributed by atoms with Crippen molar-refractivity contribution in [2.75, 3.05) is 0 Å². The zero-order chi connectivity index (χ0) is 8.97. The summed E-state index contributed by atoms with van der Waals surface area (Å²) in [5, 5.41) is 12.5. The van der Waals surface area contributed by atoms with Gasteiger partial charge in [-0.2, -0.15) is 5.10 Å². The highest BCUT2D eigenvalue weighted by Crippen LogP contribution is 1.99. The highest BCUT2D eigenvalue weighted by Gasteiger charge is 2.04. The summed E-state index contributed by atoms with van der Waals surface area (Å²) in [6, 6.07) is 0. The Labute approximate surface area is 70.8 Å². The molecule has 0 unspecified atom stereocenters. The normalized spacial score (nSPS) is 10.1. The molecule has 0 aromatic carbocycles. The van der Waals surface area contributed by atoms with Crippen molar-refractivity contribution >= 4 is 5.97 Å². The van der Waals surface area contributed by atoms with E-state index in [1.54, 1.807) is 10.9 Å². The summed E-state index contributed by atoms with van der Waals surface area (Å²) in [4.78, 5) is 10.4. The molecule has 0 bridgehead atoms. The van der Waals surface area contributed by atoms with E-state index in [0.717, 1.165) is 19.4 Å². The van der Waals surface area contributed by atoms with Crippen molar-refractivity contribution in [3.05, 3.63) is 18.0 Å². The van der Waals surface area contributed by atoms with Crippen LogP contribution in [-0.2, 0) is 6.54 Å². The molecule has 1 heterocycles. The first-order valence-electron chi connectivity index (χ1n) is 3.99. The van der Waals surface area contributed by atoms with Gasteiger partial charge in [0.15, 0.2) is 0 Å². The predicted molar refractivity (Wildman–Crippen MR) is 44.1 cm³/mol. The van der Waals surface area contributed by atoms with Crippen LogP contribution >= 0.6 is 0 Å². The number of hydrogen-bond acceptors (Lipinski definition) is 2. The predicted octanol–water partition coefficient (Wildman–Crippen LogP) is 1.38. The maximum Gasteiger partial charge on any atom is 0.338 e. The van der Waals surface area contributed by atoms with Gasteiger partial charge >= 0.3 is 5.97 Å². The number of carbonyl (C=O) groups is 1. The fourth-order valence-corrected chi connectivity index (χ4v) is 0.916. The number of carboxylic acid groups (broad SMARTS) is 1. The molecule has 0 aliphatic heterocycles. The van der Waals surface area contributed by atoms with E-state index in [4.69, 9.17) is 5.11 Å². The van der Waals surface area contributed by atoms with Crippen LogP contribution in [0.3, 0.4) is 0 Å². The zero-order valence-corrected chi connectivity index (χ0v) is 7.03. The minimum absolute atomic E-state index is 0.256. The summed E-state index contributed by atoms with van der Waals surface area (Å²) in [6.07, 6.45) is 5.04. The van der Waals surface area contributed by atoms with Crippen molar-refractivity contribution in [3.8, 4) is 0 Å². The molecule has 0 aliphatic carbocycles. The molecule has 0 radical (unpaired) electrons. The van der Waals surface area contributed by atoms with Gasteiger partial charge in [0, 0.05) is 12.7 Å². The van der Waals surface area contributed by atoms with E-state index in [1.165, 1.54) is 6.20 Å². The van der Waals surface area contributed by atoms with Crippen molar-refractivity contribution < 1.29 is 9.90 Å². The number of aryl methyl sites for hydroxylation is 1. The number of nitrogens with zero attached hydrogens (tertiary/aromatic N) is 2. The third-order valence-electron chi connectivity index (χ3n) is 1.62. The third-order valence-corrected chi connectivity index (χ3v) is 1.62. The maximum absolute atomic E-state index is 10.4. The lowest BCUT2D eigenvalue weighted by Crippen LogP contribution is -1.98. The fraction of sp³-hybridized carbons (Fsp3) is 0.500. The molecule has 12 heavy (non-hydrogen) atoms. The molecule has 4 nitrogen and oxygen atoms in total. The molecule has 1 aromatic heterocycles. The number of unbranched alkanes of at least 4 members (excludes halogenated alkanes) is 1. The maximum atomic E-state index is 10.4. The molecule has 0 saturated heterocycles. The van der Waals surface area contributed by atoms with Crippen molar-refractivity contribution in [2.45, 2.75) is 26.3 Å². The van der Waals surface area contributed by atoms with Gasteiger partial charge in [-0.25, -0.2) is 4.79 Å². The van der Waals surface area contributed by atoms with E-state index < -0.39 is 5.97 Å². The van der Waals surface area contributed by atoms with E-state index in [1.807, 2.05) is 0 Å². The van der Waals surface area contributed by atoms with Crippen LogP contribution in [0.15, 0.2) is 12.4 Å². The first-order chi connectivity index (χ1) is 5.74. The molecular formula is C8H12N2O2. The Balaban J connectivity index is 2.58. The summed E-state index contributed by atoms with van der Waals surface area (Å²) >= 11 is 0. The van der Waals surface area contributed by atoms with Crippen LogP contribution in [0.25, 0.3) is 0 Å². The minimum atomic E-state index is -0.919. The Hall–Kier alpha value is -1.32. The second-order valence-electron chi connectivity index (χ2n) is 2.65. The summed E-state index contributed by atoms with van der Waals surface area (Å²) < 4.78 is 1.66. The fourth-order valence-electron chi connectivity index (χ4n) is 0.916. The second-order valence-corrected chi connectivity index (χ2v) is 2.65. The average molecular weight is 168 g/mol. The molecule has 66 valence electrons. The molecule has 0 saturated carbocycles. The molecule has 1 N–H and O–H groups in total. The Kier molecular flexibility index (Phi) is 2.85. The van der Waals surface area contributed by atoms with Gasteiger partial charge in [0.25, 0.3) is 0 Å². The summed E-state index contributed by atoms with van der Waals surface area (Å²) in [6.45, 7) is 2.88.